The minimum atomic E-state index is -6.49. The van der Waals surface area contributed by atoms with E-state index in [9.17, 15) is 35.5 Å². The molecule has 0 aliphatic rings. The summed E-state index contributed by atoms with van der Waals surface area (Å²) in [6, 6.07) is 0. The van der Waals surface area contributed by atoms with E-state index in [0.29, 0.717) is 0 Å². The average molecular weight is 438 g/mol. The molecule has 0 aliphatic carbocycles. The molecule has 0 aliphatic heterocycles. The molecular formula is C20H33F7O2. The molecule has 0 aromatic rings. The molecule has 0 aromatic heterocycles. The second kappa shape index (κ2) is 8.25. The normalized spacial score (nSPS) is 17.8. The summed E-state index contributed by atoms with van der Waals surface area (Å²) in [5.41, 5.74) is -2.70. The number of alkyl halides is 7. The predicted molar refractivity (Wildman–Crippen MR) is 96.9 cm³/mol. The maximum atomic E-state index is 14.4. The number of hydrogen-bond donors (Lipinski definition) is 0. The molecular weight excluding hydrogens is 405 g/mol. The van der Waals surface area contributed by atoms with Crippen molar-refractivity contribution in [3.63, 3.8) is 0 Å². The Kier molecular flexibility index (Phi) is 7.96. The third-order valence-corrected chi connectivity index (χ3v) is 5.10. The molecule has 0 amide bonds. The van der Waals surface area contributed by atoms with Crippen molar-refractivity contribution in [3.05, 3.63) is 0 Å². The highest BCUT2D eigenvalue weighted by Crippen LogP contribution is 2.52. The van der Waals surface area contributed by atoms with Crippen LogP contribution < -0.4 is 0 Å². The van der Waals surface area contributed by atoms with Crippen molar-refractivity contribution in [3.8, 4) is 0 Å². The summed E-state index contributed by atoms with van der Waals surface area (Å²) >= 11 is 0. The zero-order chi connectivity index (χ0) is 23.9. The first-order valence-electron chi connectivity index (χ1n) is 9.43. The van der Waals surface area contributed by atoms with Gasteiger partial charge >= 0.3 is 24.0 Å². The van der Waals surface area contributed by atoms with Gasteiger partial charge in [0.05, 0.1) is 5.41 Å². The highest BCUT2D eigenvalue weighted by atomic mass is 19.4. The van der Waals surface area contributed by atoms with Crippen LogP contribution >= 0.6 is 0 Å². The van der Waals surface area contributed by atoms with Gasteiger partial charge in [-0.25, -0.2) is 0 Å². The maximum absolute atomic E-state index is 14.4. The molecule has 174 valence electrons. The molecule has 0 saturated heterocycles. The van der Waals surface area contributed by atoms with Crippen molar-refractivity contribution in [1.82, 2.24) is 0 Å². The lowest BCUT2D eigenvalue weighted by Gasteiger charge is -2.45. The van der Waals surface area contributed by atoms with Crippen LogP contribution in [0.5, 0.6) is 0 Å². The quantitative estimate of drug-likeness (QED) is 0.309. The molecule has 0 aromatic carbocycles. The van der Waals surface area contributed by atoms with E-state index in [0.717, 1.165) is 0 Å². The number of carbonyl (C=O) groups is 1. The van der Waals surface area contributed by atoms with Crippen molar-refractivity contribution < 1.29 is 40.3 Å². The van der Waals surface area contributed by atoms with E-state index in [2.05, 4.69) is 0 Å². The minimum Gasteiger partial charge on any atom is -0.455 e. The Morgan fingerprint density at radius 2 is 1.24 bits per heavy atom. The molecule has 9 heteroatoms. The number of rotatable bonds is 7. The first kappa shape index (κ1) is 28.0. The maximum Gasteiger partial charge on any atom is 0.460 e. The highest BCUT2D eigenvalue weighted by Gasteiger charge is 2.76. The summed E-state index contributed by atoms with van der Waals surface area (Å²) in [5.74, 6) is -13.9. The van der Waals surface area contributed by atoms with Crippen LogP contribution in [0.2, 0.25) is 0 Å². The third-order valence-electron chi connectivity index (χ3n) is 5.10. The molecule has 0 N–H and O–H groups in total. The fraction of sp³-hybridized carbons (Fsp3) is 0.950. The van der Waals surface area contributed by atoms with Crippen molar-refractivity contribution >= 4 is 5.97 Å². The Hall–Kier alpha value is -1.02. The second-order valence-corrected chi connectivity index (χ2v) is 10.5. The predicted octanol–water partition coefficient (Wildman–Crippen LogP) is 7.27. The van der Waals surface area contributed by atoms with Gasteiger partial charge in [-0.15, -0.1) is 0 Å². The minimum absolute atomic E-state index is 0.151. The molecule has 0 fully saturated rings. The lowest BCUT2D eigenvalue weighted by Crippen LogP contribution is -2.60. The van der Waals surface area contributed by atoms with Gasteiger partial charge in [0.25, 0.3) is 0 Å². The topological polar surface area (TPSA) is 26.3 Å². The van der Waals surface area contributed by atoms with Crippen LogP contribution in [-0.4, -0.2) is 30.1 Å². The van der Waals surface area contributed by atoms with Crippen molar-refractivity contribution in [2.75, 3.05) is 0 Å². The van der Waals surface area contributed by atoms with Gasteiger partial charge < -0.3 is 4.74 Å². The number of carbonyl (C=O) groups excluding carboxylic acids is 1. The lowest BCUT2D eigenvalue weighted by molar-refractivity contribution is -0.372. The Morgan fingerprint density at radius 3 is 1.52 bits per heavy atom. The number of esters is 1. The highest BCUT2D eigenvalue weighted by molar-refractivity contribution is 5.77. The second-order valence-electron chi connectivity index (χ2n) is 10.5. The Labute approximate surface area is 168 Å². The molecule has 0 bridgehead atoms. The third kappa shape index (κ3) is 6.23. The van der Waals surface area contributed by atoms with Gasteiger partial charge in [-0.05, 0) is 36.5 Å². The molecule has 0 heterocycles. The molecule has 0 saturated carbocycles. The summed E-state index contributed by atoms with van der Waals surface area (Å²) in [6.07, 6.45) is -10.1. The standard InChI is InChI=1S/C20H33F7O2/c1-12(2)10-13(18(21,22)19(23,24)20(25,26)27)29-14(28)17(9,16(6,7)8)11-15(3,4)5/h12-13H,10-11H2,1-9H3. The number of hydrogen-bond acceptors (Lipinski definition) is 2. The van der Waals surface area contributed by atoms with E-state index >= 15 is 0 Å². The molecule has 0 rings (SSSR count). The van der Waals surface area contributed by atoms with Crippen LogP contribution in [0.3, 0.4) is 0 Å². The molecule has 2 atom stereocenters. The van der Waals surface area contributed by atoms with Crippen molar-refractivity contribution in [2.45, 2.75) is 99.3 Å². The van der Waals surface area contributed by atoms with E-state index in [4.69, 9.17) is 4.74 Å². The van der Waals surface area contributed by atoms with E-state index in [1.807, 2.05) is 0 Å². The van der Waals surface area contributed by atoms with E-state index in [1.165, 1.54) is 20.8 Å². The fourth-order valence-electron chi connectivity index (χ4n) is 3.05. The van der Waals surface area contributed by atoms with Gasteiger partial charge in [0.15, 0.2) is 6.10 Å². The van der Waals surface area contributed by atoms with E-state index in [-0.39, 0.29) is 6.42 Å². The van der Waals surface area contributed by atoms with Crippen LogP contribution in [0.15, 0.2) is 0 Å². The fourth-order valence-corrected chi connectivity index (χ4v) is 3.05. The summed E-state index contributed by atoms with van der Waals surface area (Å²) in [6.45, 7) is 14.5. The van der Waals surface area contributed by atoms with Crippen molar-refractivity contribution in [2.24, 2.45) is 22.2 Å². The summed E-state index contributed by atoms with van der Waals surface area (Å²) < 4.78 is 98.6. The van der Waals surface area contributed by atoms with Gasteiger partial charge in [0, 0.05) is 0 Å². The number of ether oxygens (including phenoxy) is 1. The molecule has 29 heavy (non-hydrogen) atoms. The first-order chi connectivity index (χ1) is 12.4. The van der Waals surface area contributed by atoms with E-state index < -0.39 is 58.7 Å². The number of halogens is 7. The smallest absolute Gasteiger partial charge is 0.455 e. The van der Waals surface area contributed by atoms with Gasteiger partial charge in [-0.3, -0.25) is 4.79 Å². The Balaban J connectivity index is 6.21. The lowest BCUT2D eigenvalue weighted by atomic mass is 9.61. The summed E-state index contributed by atoms with van der Waals surface area (Å²) in [4.78, 5) is 12.9. The first-order valence-corrected chi connectivity index (χ1v) is 9.43. The van der Waals surface area contributed by atoms with Gasteiger partial charge in [-0.2, -0.15) is 30.7 Å². The van der Waals surface area contributed by atoms with Crippen LogP contribution in [0.1, 0.15) is 75.2 Å². The zero-order valence-electron chi connectivity index (χ0n) is 18.5. The Morgan fingerprint density at radius 1 is 0.828 bits per heavy atom. The molecule has 2 unspecified atom stereocenters. The Bertz CT molecular complexity index is 569. The van der Waals surface area contributed by atoms with Crippen LogP contribution in [0.4, 0.5) is 30.7 Å². The molecule has 0 radical (unpaired) electrons. The molecule has 0 spiro atoms. The van der Waals surface area contributed by atoms with Gasteiger partial charge in [0.1, 0.15) is 0 Å². The molecule has 2 nitrogen and oxygen atoms in total. The van der Waals surface area contributed by atoms with Crippen LogP contribution in [-0.2, 0) is 9.53 Å². The van der Waals surface area contributed by atoms with Crippen molar-refractivity contribution in [1.29, 1.82) is 0 Å². The largest absolute Gasteiger partial charge is 0.460 e. The average Bonchev–Trinajstić information content (AvgIpc) is 2.41. The van der Waals surface area contributed by atoms with Gasteiger partial charge in [-0.1, -0.05) is 55.4 Å². The monoisotopic (exact) mass is 438 g/mol. The summed E-state index contributed by atoms with van der Waals surface area (Å²) in [7, 11) is 0. The summed E-state index contributed by atoms with van der Waals surface area (Å²) in [5, 5.41) is 0. The van der Waals surface area contributed by atoms with Gasteiger partial charge in [0.2, 0.25) is 0 Å². The van der Waals surface area contributed by atoms with Crippen LogP contribution in [0.25, 0.3) is 0 Å². The van der Waals surface area contributed by atoms with E-state index in [1.54, 1.807) is 41.5 Å². The van der Waals surface area contributed by atoms with Crippen LogP contribution in [0, 0.1) is 22.2 Å². The SMILES string of the molecule is CC(C)CC(OC(=O)C(C)(CC(C)(C)C)C(C)(C)C)C(F)(F)C(F)(F)C(F)(F)F. The zero-order valence-corrected chi connectivity index (χ0v) is 18.5.